The molecule has 0 radical (unpaired) electrons. The van der Waals surface area contributed by atoms with Crippen molar-refractivity contribution in [1.82, 2.24) is 10.2 Å². The molecule has 2 rings (SSSR count). The van der Waals surface area contributed by atoms with Gasteiger partial charge in [-0.15, -0.1) is 0 Å². The SMILES string of the molecule is CNCC1CCCN1C(C)CCc1ccc(O)cc1. The van der Waals surface area contributed by atoms with Crippen molar-refractivity contribution in [3.05, 3.63) is 29.8 Å². The van der Waals surface area contributed by atoms with Crippen molar-refractivity contribution in [3.8, 4) is 5.75 Å². The molecule has 0 amide bonds. The first kappa shape index (κ1) is 14.4. The van der Waals surface area contributed by atoms with Gasteiger partial charge in [0.25, 0.3) is 0 Å². The molecule has 1 aliphatic rings. The van der Waals surface area contributed by atoms with E-state index in [0.29, 0.717) is 17.8 Å². The van der Waals surface area contributed by atoms with Gasteiger partial charge in [-0.05, 0) is 63.9 Å². The molecule has 0 aromatic heterocycles. The van der Waals surface area contributed by atoms with E-state index in [-0.39, 0.29) is 0 Å². The molecule has 0 aliphatic carbocycles. The summed E-state index contributed by atoms with van der Waals surface area (Å²) in [6, 6.07) is 8.95. The molecule has 2 N–H and O–H groups in total. The summed E-state index contributed by atoms with van der Waals surface area (Å²) in [7, 11) is 2.04. The molecular weight excluding hydrogens is 236 g/mol. The van der Waals surface area contributed by atoms with Gasteiger partial charge < -0.3 is 10.4 Å². The Morgan fingerprint density at radius 1 is 1.37 bits per heavy atom. The van der Waals surface area contributed by atoms with Gasteiger partial charge in [-0.2, -0.15) is 0 Å². The van der Waals surface area contributed by atoms with Crippen LogP contribution in [0.5, 0.6) is 5.75 Å². The van der Waals surface area contributed by atoms with Crippen LogP contribution in [0.25, 0.3) is 0 Å². The summed E-state index contributed by atoms with van der Waals surface area (Å²) in [5.74, 6) is 0.352. The van der Waals surface area contributed by atoms with Crippen molar-refractivity contribution in [2.24, 2.45) is 0 Å². The molecule has 2 atom stereocenters. The molecule has 0 bridgehead atoms. The second-order valence-corrected chi connectivity index (χ2v) is 5.65. The summed E-state index contributed by atoms with van der Waals surface area (Å²) in [6.07, 6.45) is 4.93. The lowest BCUT2D eigenvalue weighted by Gasteiger charge is -2.30. The number of hydrogen-bond donors (Lipinski definition) is 2. The van der Waals surface area contributed by atoms with Crippen molar-refractivity contribution >= 4 is 0 Å². The number of aromatic hydroxyl groups is 1. The Kier molecular flexibility index (Phi) is 5.23. The number of aryl methyl sites for hydroxylation is 1. The lowest BCUT2D eigenvalue weighted by molar-refractivity contribution is 0.181. The fourth-order valence-electron chi connectivity index (χ4n) is 3.10. The van der Waals surface area contributed by atoms with Crippen molar-refractivity contribution in [3.63, 3.8) is 0 Å². The number of likely N-dealkylation sites (tertiary alicyclic amines) is 1. The second kappa shape index (κ2) is 6.92. The van der Waals surface area contributed by atoms with E-state index in [1.54, 1.807) is 12.1 Å². The Bertz CT molecular complexity index is 377. The van der Waals surface area contributed by atoms with E-state index < -0.39 is 0 Å². The number of nitrogens with one attached hydrogen (secondary N) is 1. The van der Waals surface area contributed by atoms with Gasteiger partial charge in [-0.25, -0.2) is 0 Å². The summed E-state index contributed by atoms with van der Waals surface area (Å²) in [4.78, 5) is 2.65. The number of benzene rings is 1. The number of hydrogen-bond acceptors (Lipinski definition) is 3. The maximum Gasteiger partial charge on any atom is 0.115 e. The van der Waals surface area contributed by atoms with E-state index in [1.165, 1.54) is 31.4 Å². The first-order valence-electron chi connectivity index (χ1n) is 7.39. The second-order valence-electron chi connectivity index (χ2n) is 5.65. The van der Waals surface area contributed by atoms with E-state index in [0.717, 1.165) is 13.0 Å². The summed E-state index contributed by atoms with van der Waals surface area (Å²) in [5, 5.41) is 12.6. The normalized spacial score (nSPS) is 21.7. The quantitative estimate of drug-likeness (QED) is 0.826. The first-order valence-corrected chi connectivity index (χ1v) is 7.39. The molecule has 3 nitrogen and oxygen atoms in total. The lowest BCUT2D eigenvalue weighted by Crippen LogP contribution is -2.42. The van der Waals surface area contributed by atoms with Crippen molar-refractivity contribution in [2.75, 3.05) is 20.1 Å². The van der Waals surface area contributed by atoms with Crippen molar-refractivity contribution < 1.29 is 5.11 Å². The number of likely N-dealkylation sites (N-methyl/N-ethyl adjacent to an activating group) is 1. The Morgan fingerprint density at radius 2 is 2.11 bits per heavy atom. The zero-order valence-corrected chi connectivity index (χ0v) is 12.1. The predicted molar refractivity (Wildman–Crippen MR) is 79.5 cm³/mol. The Morgan fingerprint density at radius 3 is 2.79 bits per heavy atom. The van der Waals surface area contributed by atoms with E-state index >= 15 is 0 Å². The van der Waals surface area contributed by atoms with Crippen LogP contribution in [0.2, 0.25) is 0 Å². The standard InChI is InChI=1S/C16H26N2O/c1-13(18-11-3-4-15(18)12-17-2)5-6-14-7-9-16(19)10-8-14/h7-10,13,15,17,19H,3-6,11-12H2,1-2H3. The summed E-state index contributed by atoms with van der Waals surface area (Å²) < 4.78 is 0. The Balaban J connectivity index is 1.83. The highest BCUT2D eigenvalue weighted by molar-refractivity contribution is 5.25. The molecule has 0 spiro atoms. The molecule has 1 fully saturated rings. The molecule has 1 aromatic rings. The Hall–Kier alpha value is -1.06. The average molecular weight is 262 g/mol. The van der Waals surface area contributed by atoms with Crippen molar-refractivity contribution in [1.29, 1.82) is 0 Å². The van der Waals surface area contributed by atoms with Crippen LogP contribution >= 0.6 is 0 Å². The van der Waals surface area contributed by atoms with Gasteiger partial charge in [0.2, 0.25) is 0 Å². The fraction of sp³-hybridized carbons (Fsp3) is 0.625. The molecule has 2 unspecified atom stereocenters. The summed E-state index contributed by atoms with van der Waals surface area (Å²) in [6.45, 7) is 4.68. The molecule has 3 heteroatoms. The number of phenolic OH excluding ortho intramolecular Hbond substituents is 1. The zero-order valence-electron chi connectivity index (χ0n) is 12.1. The number of nitrogens with zero attached hydrogens (tertiary/aromatic N) is 1. The average Bonchev–Trinajstić information content (AvgIpc) is 2.86. The van der Waals surface area contributed by atoms with E-state index in [2.05, 4.69) is 17.1 Å². The van der Waals surface area contributed by atoms with Crippen LogP contribution in [-0.2, 0) is 6.42 Å². The minimum Gasteiger partial charge on any atom is -0.508 e. The first-order chi connectivity index (χ1) is 9.20. The molecule has 1 aliphatic heterocycles. The molecule has 106 valence electrons. The van der Waals surface area contributed by atoms with Gasteiger partial charge >= 0.3 is 0 Å². The van der Waals surface area contributed by atoms with Gasteiger partial charge in [0.1, 0.15) is 5.75 Å². The fourth-order valence-corrected chi connectivity index (χ4v) is 3.10. The molecular formula is C16H26N2O. The third-order valence-corrected chi connectivity index (χ3v) is 4.22. The molecule has 1 heterocycles. The molecule has 1 saturated heterocycles. The van der Waals surface area contributed by atoms with E-state index in [9.17, 15) is 5.11 Å². The third-order valence-electron chi connectivity index (χ3n) is 4.22. The van der Waals surface area contributed by atoms with E-state index in [4.69, 9.17) is 0 Å². The monoisotopic (exact) mass is 262 g/mol. The van der Waals surface area contributed by atoms with Crippen molar-refractivity contribution in [2.45, 2.75) is 44.7 Å². The minimum atomic E-state index is 0.352. The van der Waals surface area contributed by atoms with Crippen LogP contribution in [-0.4, -0.2) is 42.2 Å². The number of rotatable bonds is 6. The van der Waals surface area contributed by atoms with Crippen LogP contribution < -0.4 is 5.32 Å². The van der Waals surface area contributed by atoms with E-state index in [1.807, 2.05) is 19.2 Å². The largest absolute Gasteiger partial charge is 0.508 e. The Labute approximate surface area is 116 Å². The topological polar surface area (TPSA) is 35.5 Å². The van der Waals surface area contributed by atoms with Gasteiger partial charge in [0.15, 0.2) is 0 Å². The van der Waals surface area contributed by atoms with Crippen LogP contribution in [0.15, 0.2) is 24.3 Å². The minimum absolute atomic E-state index is 0.352. The van der Waals surface area contributed by atoms with Gasteiger partial charge in [0, 0.05) is 18.6 Å². The van der Waals surface area contributed by atoms with Crippen LogP contribution in [0.1, 0.15) is 31.7 Å². The molecule has 1 aromatic carbocycles. The maximum atomic E-state index is 9.29. The van der Waals surface area contributed by atoms with Crippen LogP contribution in [0.4, 0.5) is 0 Å². The maximum absolute atomic E-state index is 9.29. The lowest BCUT2D eigenvalue weighted by atomic mass is 10.0. The van der Waals surface area contributed by atoms with Crippen LogP contribution in [0.3, 0.4) is 0 Å². The molecule has 19 heavy (non-hydrogen) atoms. The molecule has 0 saturated carbocycles. The highest BCUT2D eigenvalue weighted by atomic mass is 16.3. The number of phenols is 1. The van der Waals surface area contributed by atoms with Gasteiger partial charge in [-0.1, -0.05) is 12.1 Å². The summed E-state index contributed by atoms with van der Waals surface area (Å²) in [5.41, 5.74) is 1.31. The zero-order chi connectivity index (χ0) is 13.7. The highest BCUT2D eigenvalue weighted by Crippen LogP contribution is 2.22. The summed E-state index contributed by atoms with van der Waals surface area (Å²) >= 11 is 0. The smallest absolute Gasteiger partial charge is 0.115 e. The van der Waals surface area contributed by atoms with Crippen LogP contribution in [0, 0.1) is 0 Å². The third kappa shape index (κ3) is 3.95. The van der Waals surface area contributed by atoms with Gasteiger partial charge in [0.05, 0.1) is 0 Å². The highest BCUT2D eigenvalue weighted by Gasteiger charge is 2.27. The predicted octanol–water partition coefficient (Wildman–Crippen LogP) is 2.40. The van der Waals surface area contributed by atoms with Gasteiger partial charge in [-0.3, -0.25) is 4.90 Å².